The summed E-state index contributed by atoms with van der Waals surface area (Å²) in [5.41, 5.74) is -0.491. The zero-order chi connectivity index (χ0) is 21.0. The first-order valence-electron chi connectivity index (χ1n) is 9.60. The van der Waals surface area contributed by atoms with Gasteiger partial charge in [0.15, 0.2) is 6.61 Å². The molecular weight excluding hydrogens is 378 g/mol. The Labute approximate surface area is 168 Å². The first-order valence-corrected chi connectivity index (χ1v) is 9.60. The number of urea groups is 1. The van der Waals surface area contributed by atoms with Gasteiger partial charge in [0.2, 0.25) is 0 Å². The number of rotatable bonds is 6. The van der Waals surface area contributed by atoms with Crippen molar-refractivity contribution in [1.29, 1.82) is 0 Å². The molecule has 29 heavy (non-hydrogen) atoms. The molecule has 2 aliphatic rings. The molecule has 2 N–H and O–H groups in total. The van der Waals surface area contributed by atoms with Crippen LogP contribution in [0.5, 0.6) is 5.75 Å². The molecule has 1 aromatic rings. The fourth-order valence-electron chi connectivity index (χ4n) is 3.89. The molecule has 0 unspecified atom stereocenters. The number of hydrogen-bond acceptors (Lipinski definition) is 6. The number of carbonyl (C=O) groups excluding carboxylic acids is 4. The number of nitrogens with zero attached hydrogens (tertiary/aromatic N) is 1. The second-order valence-corrected chi connectivity index (χ2v) is 7.35. The highest BCUT2D eigenvalue weighted by atomic mass is 16.5. The van der Waals surface area contributed by atoms with Gasteiger partial charge in [-0.05, 0) is 30.9 Å². The second-order valence-electron chi connectivity index (χ2n) is 7.35. The van der Waals surface area contributed by atoms with Crippen LogP contribution in [0.3, 0.4) is 0 Å². The summed E-state index contributed by atoms with van der Waals surface area (Å²) < 4.78 is 10.1. The molecule has 2 atom stereocenters. The largest absolute Gasteiger partial charge is 0.495 e. The van der Waals surface area contributed by atoms with E-state index >= 15 is 0 Å². The third-order valence-corrected chi connectivity index (χ3v) is 5.53. The van der Waals surface area contributed by atoms with Gasteiger partial charge in [-0.2, -0.15) is 0 Å². The normalized spacial score (nSPS) is 23.7. The lowest BCUT2D eigenvalue weighted by Gasteiger charge is -2.36. The van der Waals surface area contributed by atoms with Crippen LogP contribution in [-0.4, -0.2) is 54.5 Å². The van der Waals surface area contributed by atoms with Gasteiger partial charge in [-0.3, -0.25) is 19.3 Å². The minimum Gasteiger partial charge on any atom is -0.495 e. The van der Waals surface area contributed by atoms with Crippen molar-refractivity contribution in [3.8, 4) is 5.75 Å². The number of ether oxygens (including phenoxy) is 2. The van der Waals surface area contributed by atoms with Crippen LogP contribution in [0.25, 0.3) is 0 Å². The Hall–Kier alpha value is -3.10. The predicted molar refractivity (Wildman–Crippen MR) is 103 cm³/mol. The van der Waals surface area contributed by atoms with E-state index in [1.54, 1.807) is 24.3 Å². The summed E-state index contributed by atoms with van der Waals surface area (Å²) >= 11 is 0. The lowest BCUT2D eigenvalue weighted by molar-refractivity contribution is -0.150. The molecule has 0 aromatic heterocycles. The van der Waals surface area contributed by atoms with Crippen LogP contribution in [0.4, 0.5) is 10.5 Å². The average molecular weight is 403 g/mol. The highest BCUT2D eigenvalue weighted by Crippen LogP contribution is 2.38. The highest BCUT2D eigenvalue weighted by Gasteiger charge is 2.55. The Bertz CT molecular complexity index is 826. The molecule has 1 spiro atoms. The maximum absolute atomic E-state index is 12.8. The SMILES string of the molecule is COc1ccccc1NC(=O)COC(=O)CN1C(=O)N[C@@]2(CCCC[C@@H]2C)C1=O. The molecule has 1 saturated heterocycles. The van der Waals surface area contributed by atoms with Gasteiger partial charge in [0.05, 0.1) is 12.8 Å². The van der Waals surface area contributed by atoms with Crippen molar-refractivity contribution < 1.29 is 28.7 Å². The molecule has 156 valence electrons. The number of benzene rings is 1. The Kier molecular flexibility index (Phi) is 6.05. The monoisotopic (exact) mass is 403 g/mol. The van der Waals surface area contributed by atoms with Gasteiger partial charge in [0.25, 0.3) is 11.8 Å². The Morgan fingerprint density at radius 1 is 1.28 bits per heavy atom. The maximum atomic E-state index is 12.8. The van der Waals surface area contributed by atoms with Crippen molar-refractivity contribution >= 4 is 29.5 Å². The fourth-order valence-corrected chi connectivity index (χ4v) is 3.89. The maximum Gasteiger partial charge on any atom is 0.326 e. The zero-order valence-corrected chi connectivity index (χ0v) is 16.5. The van der Waals surface area contributed by atoms with E-state index in [4.69, 9.17) is 9.47 Å². The molecule has 1 saturated carbocycles. The quantitative estimate of drug-likeness (QED) is 0.552. The lowest BCUT2D eigenvalue weighted by atomic mass is 9.73. The fraction of sp³-hybridized carbons (Fsp3) is 0.500. The summed E-state index contributed by atoms with van der Waals surface area (Å²) in [4.78, 5) is 50.1. The summed E-state index contributed by atoms with van der Waals surface area (Å²) in [6, 6.07) is 6.22. The lowest BCUT2D eigenvalue weighted by Crippen LogP contribution is -2.54. The van der Waals surface area contributed by atoms with E-state index in [-0.39, 0.29) is 5.92 Å². The van der Waals surface area contributed by atoms with Gasteiger partial charge in [0, 0.05) is 0 Å². The van der Waals surface area contributed by atoms with Crippen LogP contribution >= 0.6 is 0 Å². The Morgan fingerprint density at radius 2 is 2.03 bits per heavy atom. The molecule has 0 radical (unpaired) electrons. The highest BCUT2D eigenvalue weighted by molar-refractivity contribution is 6.09. The molecule has 1 aromatic carbocycles. The van der Waals surface area contributed by atoms with E-state index in [0.29, 0.717) is 17.9 Å². The molecule has 0 bridgehead atoms. The molecule has 9 heteroatoms. The number of esters is 1. The zero-order valence-electron chi connectivity index (χ0n) is 16.5. The minimum atomic E-state index is -0.934. The van der Waals surface area contributed by atoms with E-state index in [9.17, 15) is 19.2 Å². The van der Waals surface area contributed by atoms with E-state index < -0.39 is 42.5 Å². The number of nitrogens with one attached hydrogen (secondary N) is 2. The van der Waals surface area contributed by atoms with Gasteiger partial charge < -0.3 is 20.1 Å². The number of anilines is 1. The van der Waals surface area contributed by atoms with Gasteiger partial charge in [-0.15, -0.1) is 0 Å². The summed E-state index contributed by atoms with van der Waals surface area (Å²) in [6.45, 7) is 0.866. The summed E-state index contributed by atoms with van der Waals surface area (Å²) in [5.74, 6) is -1.31. The van der Waals surface area contributed by atoms with E-state index in [0.717, 1.165) is 24.2 Å². The molecule has 1 aliphatic carbocycles. The van der Waals surface area contributed by atoms with Crippen LogP contribution in [0.15, 0.2) is 24.3 Å². The predicted octanol–water partition coefficient (Wildman–Crippen LogP) is 1.68. The second kappa shape index (κ2) is 8.50. The smallest absolute Gasteiger partial charge is 0.326 e. The number of hydrogen-bond donors (Lipinski definition) is 2. The van der Waals surface area contributed by atoms with Crippen LogP contribution in [0.2, 0.25) is 0 Å². The van der Waals surface area contributed by atoms with Crippen molar-refractivity contribution in [2.45, 2.75) is 38.1 Å². The molecule has 3 rings (SSSR count). The van der Waals surface area contributed by atoms with Crippen LogP contribution < -0.4 is 15.4 Å². The number of para-hydroxylation sites is 2. The third-order valence-electron chi connectivity index (χ3n) is 5.53. The summed E-state index contributed by atoms with van der Waals surface area (Å²) in [5, 5.41) is 5.35. The third kappa shape index (κ3) is 4.18. The standard InChI is InChI=1S/C20H25N3O6/c1-13-7-5-6-10-20(13)18(26)23(19(27)22-20)11-17(25)29-12-16(24)21-14-8-3-4-9-15(14)28-2/h3-4,8-9,13H,5-7,10-12H2,1-2H3,(H,21,24)(H,22,27)/t13-,20+/m0/s1. The van der Waals surface area contributed by atoms with Crippen molar-refractivity contribution in [3.05, 3.63) is 24.3 Å². The number of imide groups is 1. The van der Waals surface area contributed by atoms with E-state index in [1.807, 2.05) is 6.92 Å². The molecule has 9 nitrogen and oxygen atoms in total. The van der Waals surface area contributed by atoms with Crippen molar-refractivity contribution in [3.63, 3.8) is 0 Å². The van der Waals surface area contributed by atoms with Crippen molar-refractivity contribution in [2.75, 3.05) is 25.6 Å². The van der Waals surface area contributed by atoms with Gasteiger partial charge in [-0.25, -0.2) is 4.79 Å². The van der Waals surface area contributed by atoms with Crippen LogP contribution in [0, 0.1) is 5.92 Å². The Morgan fingerprint density at radius 3 is 2.76 bits per heavy atom. The molecule has 2 fully saturated rings. The first kappa shape index (κ1) is 20.6. The molecule has 4 amide bonds. The average Bonchev–Trinajstić information content (AvgIpc) is 2.94. The van der Waals surface area contributed by atoms with Crippen LogP contribution in [-0.2, 0) is 19.1 Å². The van der Waals surface area contributed by atoms with Gasteiger partial charge in [-0.1, -0.05) is 31.9 Å². The number of amides is 4. The Balaban J connectivity index is 1.53. The summed E-state index contributed by atoms with van der Waals surface area (Å²) in [7, 11) is 1.48. The molecule has 1 aliphatic heterocycles. The van der Waals surface area contributed by atoms with Crippen molar-refractivity contribution in [2.24, 2.45) is 5.92 Å². The van der Waals surface area contributed by atoms with E-state index in [2.05, 4.69) is 10.6 Å². The van der Waals surface area contributed by atoms with E-state index in [1.165, 1.54) is 7.11 Å². The number of carbonyl (C=O) groups is 4. The van der Waals surface area contributed by atoms with Crippen molar-refractivity contribution in [1.82, 2.24) is 10.2 Å². The minimum absolute atomic E-state index is 0.000325. The molecular formula is C20H25N3O6. The molecule has 1 heterocycles. The van der Waals surface area contributed by atoms with Gasteiger partial charge >= 0.3 is 12.0 Å². The van der Waals surface area contributed by atoms with Crippen LogP contribution in [0.1, 0.15) is 32.6 Å². The first-order chi connectivity index (χ1) is 13.9. The number of methoxy groups -OCH3 is 1. The topological polar surface area (TPSA) is 114 Å². The summed E-state index contributed by atoms with van der Waals surface area (Å²) in [6.07, 6.45) is 3.26. The van der Waals surface area contributed by atoms with Gasteiger partial charge in [0.1, 0.15) is 17.8 Å².